The van der Waals surface area contributed by atoms with Crippen LogP contribution < -0.4 is 0 Å². The first kappa shape index (κ1) is 8.26. The molecule has 2 aromatic rings. The fourth-order valence-electron chi connectivity index (χ4n) is 1.34. The monoisotopic (exact) mass is 187 g/mol. The molecule has 0 radical (unpaired) electrons. The van der Waals surface area contributed by atoms with Crippen molar-refractivity contribution < 1.29 is 9.90 Å². The molecule has 0 aliphatic rings. The number of H-pyrrole nitrogens is 1. The summed E-state index contributed by atoms with van der Waals surface area (Å²) in [4.78, 5) is 17.4. The Kier molecular flexibility index (Phi) is 1.68. The van der Waals surface area contributed by atoms with E-state index in [-0.39, 0.29) is 11.1 Å². The molecular weight excluding hydrogens is 182 g/mol. The second kappa shape index (κ2) is 2.85. The first-order valence-electron chi connectivity index (χ1n) is 3.82. The normalized spacial score (nSPS) is 9.93. The average Bonchev–Trinajstić information content (AvgIpc) is 2.60. The molecule has 2 rings (SSSR count). The van der Waals surface area contributed by atoms with E-state index in [2.05, 4.69) is 9.97 Å². The minimum Gasteiger partial charge on any atom is -0.478 e. The SMILES string of the molecule is N#Cc1cncc2[nH]cc(C(=O)O)c12. The highest BCUT2D eigenvalue weighted by Crippen LogP contribution is 2.20. The van der Waals surface area contributed by atoms with Gasteiger partial charge in [0.05, 0.1) is 22.8 Å². The second-order valence-corrected chi connectivity index (χ2v) is 2.73. The van der Waals surface area contributed by atoms with E-state index in [9.17, 15) is 4.79 Å². The Balaban J connectivity index is 2.89. The molecule has 0 spiro atoms. The summed E-state index contributed by atoms with van der Waals surface area (Å²) in [7, 11) is 0. The van der Waals surface area contributed by atoms with Crippen molar-refractivity contribution in [2.75, 3.05) is 0 Å². The molecule has 0 saturated carbocycles. The van der Waals surface area contributed by atoms with Crippen LogP contribution in [0.1, 0.15) is 15.9 Å². The fourth-order valence-corrected chi connectivity index (χ4v) is 1.34. The third-order valence-electron chi connectivity index (χ3n) is 1.94. The van der Waals surface area contributed by atoms with Crippen LogP contribution in [-0.4, -0.2) is 21.0 Å². The predicted octanol–water partition coefficient (Wildman–Crippen LogP) is 1.13. The molecule has 0 saturated heterocycles. The van der Waals surface area contributed by atoms with E-state index in [0.717, 1.165) is 0 Å². The molecule has 0 aliphatic heterocycles. The minimum absolute atomic E-state index is 0.0963. The Bertz CT molecular complexity index is 551. The minimum atomic E-state index is -1.06. The number of carbonyl (C=O) groups is 1. The zero-order chi connectivity index (χ0) is 10.1. The maximum atomic E-state index is 10.8. The number of hydrogen-bond acceptors (Lipinski definition) is 3. The molecule has 68 valence electrons. The van der Waals surface area contributed by atoms with E-state index in [1.165, 1.54) is 18.6 Å². The Hall–Kier alpha value is -2.35. The molecular formula is C9H5N3O2. The van der Waals surface area contributed by atoms with E-state index < -0.39 is 5.97 Å². The Morgan fingerprint density at radius 3 is 3.00 bits per heavy atom. The highest BCUT2D eigenvalue weighted by Gasteiger charge is 2.13. The van der Waals surface area contributed by atoms with Gasteiger partial charge in [-0.25, -0.2) is 4.79 Å². The van der Waals surface area contributed by atoms with Gasteiger partial charge in [0.1, 0.15) is 6.07 Å². The zero-order valence-corrected chi connectivity index (χ0v) is 6.98. The van der Waals surface area contributed by atoms with Gasteiger partial charge in [-0.3, -0.25) is 4.98 Å². The van der Waals surface area contributed by atoms with Crippen LogP contribution in [0.3, 0.4) is 0 Å². The molecule has 2 aromatic heterocycles. The van der Waals surface area contributed by atoms with Crippen molar-refractivity contribution in [1.29, 1.82) is 5.26 Å². The first-order chi connectivity index (χ1) is 6.74. The number of aromatic nitrogens is 2. The lowest BCUT2D eigenvalue weighted by Crippen LogP contribution is -1.95. The number of carboxylic acid groups (broad SMARTS) is 1. The van der Waals surface area contributed by atoms with Gasteiger partial charge in [0.15, 0.2) is 0 Å². The van der Waals surface area contributed by atoms with Gasteiger partial charge in [-0.15, -0.1) is 0 Å². The van der Waals surface area contributed by atoms with Gasteiger partial charge in [0.2, 0.25) is 0 Å². The van der Waals surface area contributed by atoms with Gasteiger partial charge in [0, 0.05) is 17.8 Å². The summed E-state index contributed by atoms with van der Waals surface area (Å²) < 4.78 is 0. The summed E-state index contributed by atoms with van der Waals surface area (Å²) in [6, 6.07) is 1.91. The lowest BCUT2D eigenvalue weighted by Gasteiger charge is -1.93. The van der Waals surface area contributed by atoms with E-state index in [4.69, 9.17) is 10.4 Å². The molecule has 0 aromatic carbocycles. The van der Waals surface area contributed by atoms with Crippen molar-refractivity contribution in [2.24, 2.45) is 0 Å². The van der Waals surface area contributed by atoms with Gasteiger partial charge in [-0.05, 0) is 0 Å². The number of nitriles is 1. The number of nitrogens with zero attached hydrogens (tertiary/aromatic N) is 2. The molecule has 2 heterocycles. The molecule has 0 unspecified atom stereocenters. The summed E-state index contributed by atoms with van der Waals surface area (Å²) in [6.07, 6.45) is 4.20. The molecule has 2 N–H and O–H groups in total. The van der Waals surface area contributed by atoms with E-state index >= 15 is 0 Å². The average molecular weight is 187 g/mol. The quantitative estimate of drug-likeness (QED) is 0.700. The number of aromatic carboxylic acids is 1. The third-order valence-corrected chi connectivity index (χ3v) is 1.94. The summed E-state index contributed by atoms with van der Waals surface area (Å²) in [5.74, 6) is -1.06. The molecule has 14 heavy (non-hydrogen) atoms. The van der Waals surface area contributed by atoms with Gasteiger partial charge >= 0.3 is 5.97 Å². The topological polar surface area (TPSA) is 89.8 Å². The summed E-state index contributed by atoms with van der Waals surface area (Å²) in [5.41, 5.74) is 0.918. The first-order valence-corrected chi connectivity index (χ1v) is 3.82. The van der Waals surface area contributed by atoms with Gasteiger partial charge in [-0.1, -0.05) is 0 Å². The van der Waals surface area contributed by atoms with Gasteiger partial charge < -0.3 is 10.1 Å². The van der Waals surface area contributed by atoms with Crippen LogP contribution in [0.2, 0.25) is 0 Å². The lowest BCUT2D eigenvalue weighted by atomic mass is 10.1. The largest absolute Gasteiger partial charge is 0.478 e. The van der Waals surface area contributed by atoms with Crippen molar-refractivity contribution in [1.82, 2.24) is 9.97 Å². The number of aromatic amines is 1. The van der Waals surface area contributed by atoms with Crippen LogP contribution in [0.15, 0.2) is 18.6 Å². The summed E-state index contributed by atoms with van der Waals surface area (Å²) in [5, 5.41) is 18.0. The van der Waals surface area contributed by atoms with Gasteiger partial charge in [0.25, 0.3) is 0 Å². The number of nitrogens with one attached hydrogen (secondary N) is 1. The van der Waals surface area contributed by atoms with Crippen molar-refractivity contribution in [3.63, 3.8) is 0 Å². The number of fused-ring (bicyclic) bond motifs is 1. The number of pyridine rings is 1. The third kappa shape index (κ3) is 1.02. The second-order valence-electron chi connectivity index (χ2n) is 2.73. The molecule has 0 bridgehead atoms. The van der Waals surface area contributed by atoms with E-state index in [1.807, 2.05) is 6.07 Å². The zero-order valence-electron chi connectivity index (χ0n) is 6.98. The smallest absolute Gasteiger partial charge is 0.337 e. The number of hydrogen-bond donors (Lipinski definition) is 2. The molecule has 5 nitrogen and oxygen atoms in total. The molecule has 0 atom stereocenters. The summed E-state index contributed by atoms with van der Waals surface area (Å²) >= 11 is 0. The van der Waals surface area contributed by atoms with E-state index in [0.29, 0.717) is 10.9 Å². The van der Waals surface area contributed by atoms with E-state index in [1.54, 1.807) is 0 Å². The molecule has 0 amide bonds. The molecule has 0 aliphatic carbocycles. The Morgan fingerprint density at radius 2 is 2.36 bits per heavy atom. The van der Waals surface area contributed by atoms with Crippen molar-refractivity contribution in [3.05, 3.63) is 29.7 Å². The van der Waals surface area contributed by atoms with Crippen LogP contribution in [0.4, 0.5) is 0 Å². The highest BCUT2D eigenvalue weighted by molar-refractivity contribution is 6.05. The highest BCUT2D eigenvalue weighted by atomic mass is 16.4. The molecule has 5 heteroatoms. The van der Waals surface area contributed by atoms with Crippen LogP contribution in [0.25, 0.3) is 10.9 Å². The van der Waals surface area contributed by atoms with Crippen LogP contribution in [0.5, 0.6) is 0 Å². The van der Waals surface area contributed by atoms with Crippen molar-refractivity contribution >= 4 is 16.9 Å². The number of carboxylic acids is 1. The fraction of sp³-hybridized carbons (Fsp3) is 0. The van der Waals surface area contributed by atoms with Crippen LogP contribution in [-0.2, 0) is 0 Å². The van der Waals surface area contributed by atoms with Crippen LogP contribution in [0, 0.1) is 11.3 Å². The van der Waals surface area contributed by atoms with Crippen molar-refractivity contribution in [2.45, 2.75) is 0 Å². The lowest BCUT2D eigenvalue weighted by molar-refractivity contribution is 0.0699. The van der Waals surface area contributed by atoms with Gasteiger partial charge in [-0.2, -0.15) is 5.26 Å². The molecule has 0 fully saturated rings. The summed E-state index contributed by atoms with van der Waals surface area (Å²) in [6.45, 7) is 0. The van der Waals surface area contributed by atoms with Crippen molar-refractivity contribution in [3.8, 4) is 6.07 Å². The maximum absolute atomic E-state index is 10.8. The Morgan fingerprint density at radius 1 is 1.57 bits per heavy atom. The maximum Gasteiger partial charge on any atom is 0.337 e. The Labute approximate surface area is 78.6 Å². The van der Waals surface area contributed by atoms with Crippen LogP contribution >= 0.6 is 0 Å². The standard InChI is InChI=1S/C9H5N3O2/c10-1-5-2-11-4-7-8(5)6(3-12-7)9(13)14/h2-4,12H,(H,13,14). The predicted molar refractivity (Wildman–Crippen MR) is 47.8 cm³/mol. The number of rotatable bonds is 1.